The van der Waals surface area contributed by atoms with Crippen LogP contribution in [0.3, 0.4) is 0 Å². The zero-order chi connectivity index (χ0) is 40.2. The van der Waals surface area contributed by atoms with Gasteiger partial charge in [-0.15, -0.1) is 23.7 Å². The van der Waals surface area contributed by atoms with Crippen molar-refractivity contribution < 1.29 is 38.9 Å². The maximum absolute atomic E-state index is 13.9. The van der Waals surface area contributed by atoms with Crippen molar-refractivity contribution in [3.8, 4) is 0 Å². The molecule has 1 aromatic heterocycles. The number of halogens is 1. The van der Waals surface area contributed by atoms with Gasteiger partial charge in [-0.05, 0) is 110 Å². The van der Waals surface area contributed by atoms with E-state index in [-0.39, 0.29) is 35.8 Å². The van der Waals surface area contributed by atoms with Crippen LogP contribution in [-0.4, -0.2) is 82.6 Å². The first kappa shape index (κ1) is 44.5. The van der Waals surface area contributed by atoms with Crippen molar-refractivity contribution in [1.29, 1.82) is 0 Å². The van der Waals surface area contributed by atoms with Crippen molar-refractivity contribution >= 4 is 64.3 Å². The largest absolute Gasteiger partial charge is 0.479 e. The third kappa shape index (κ3) is 12.4. The number of fused-ring (bicyclic) bond motifs is 1. The second-order valence-electron chi connectivity index (χ2n) is 14.0. The van der Waals surface area contributed by atoms with E-state index in [2.05, 4.69) is 29.4 Å². The van der Waals surface area contributed by atoms with Crippen LogP contribution in [0.2, 0.25) is 0 Å². The summed E-state index contributed by atoms with van der Waals surface area (Å²) in [5.74, 6) is -2.74. The number of aliphatic carboxylic acids is 1. The highest BCUT2D eigenvalue weighted by Gasteiger charge is 2.27. The minimum absolute atomic E-state index is 0. The number of nitrogens with zero attached hydrogens (tertiary/aromatic N) is 2. The lowest BCUT2D eigenvalue weighted by Crippen LogP contribution is -2.41. The number of thiophene rings is 1. The van der Waals surface area contributed by atoms with E-state index in [1.165, 1.54) is 16.2 Å². The molecule has 1 aliphatic carbocycles. The van der Waals surface area contributed by atoms with Crippen LogP contribution in [0.15, 0.2) is 72.8 Å². The predicted octanol–water partition coefficient (Wildman–Crippen LogP) is 8.18. The van der Waals surface area contributed by atoms with E-state index >= 15 is 0 Å². The molecule has 0 radical (unpaired) electrons. The van der Waals surface area contributed by atoms with Gasteiger partial charge in [0.1, 0.15) is 5.00 Å². The molecule has 0 saturated heterocycles. The number of aromatic carboxylic acids is 1. The van der Waals surface area contributed by atoms with Crippen molar-refractivity contribution in [1.82, 2.24) is 9.80 Å². The molecule has 0 fully saturated rings. The van der Waals surface area contributed by atoms with E-state index < -0.39 is 24.6 Å². The first-order valence-electron chi connectivity index (χ1n) is 19.1. The lowest BCUT2D eigenvalue weighted by Gasteiger charge is -2.32. The Morgan fingerprint density at radius 3 is 2.07 bits per heavy atom. The molecule has 5 rings (SSSR count). The van der Waals surface area contributed by atoms with Gasteiger partial charge >= 0.3 is 18.0 Å². The third-order valence-electron chi connectivity index (χ3n) is 10.1. The number of nitrogens with one attached hydrogen (secondary N) is 2. The zero-order valence-electron chi connectivity index (χ0n) is 32.5. The van der Waals surface area contributed by atoms with Gasteiger partial charge in [-0.25, -0.2) is 14.4 Å². The number of hydrogen-bond acceptors (Lipinski definition) is 8. The van der Waals surface area contributed by atoms with Crippen LogP contribution in [0, 0.1) is 0 Å². The highest BCUT2D eigenvalue weighted by atomic mass is 35.5. The number of hydrogen-bond donors (Lipinski definition) is 4. The van der Waals surface area contributed by atoms with E-state index in [0.717, 1.165) is 78.5 Å². The van der Waals surface area contributed by atoms with Gasteiger partial charge in [0.15, 0.2) is 6.61 Å². The van der Waals surface area contributed by atoms with E-state index in [9.17, 15) is 24.0 Å². The van der Waals surface area contributed by atoms with Crippen LogP contribution in [-0.2, 0) is 41.8 Å². The van der Waals surface area contributed by atoms with Gasteiger partial charge in [-0.1, -0.05) is 50.2 Å². The van der Waals surface area contributed by atoms with Crippen molar-refractivity contribution in [2.24, 2.45) is 0 Å². The molecule has 3 amide bonds. The summed E-state index contributed by atoms with van der Waals surface area (Å²) in [6, 6.07) is 22.2. The molecule has 304 valence electrons. The molecule has 3 aromatic carbocycles. The van der Waals surface area contributed by atoms with Crippen molar-refractivity contribution in [3.63, 3.8) is 0 Å². The van der Waals surface area contributed by atoms with Crippen LogP contribution in [0.4, 0.5) is 15.5 Å². The number of carbonyl (C=O) groups is 5. The number of aryl methyl sites for hydroxylation is 3. The summed E-state index contributed by atoms with van der Waals surface area (Å²) in [5.41, 5.74) is 5.92. The lowest BCUT2D eigenvalue weighted by molar-refractivity contribution is -0.140. The summed E-state index contributed by atoms with van der Waals surface area (Å²) in [6.45, 7) is 4.90. The molecular weight excluding hydrogens is 768 g/mol. The van der Waals surface area contributed by atoms with Gasteiger partial charge in [0, 0.05) is 48.9 Å². The van der Waals surface area contributed by atoms with Gasteiger partial charge in [0.25, 0.3) is 11.8 Å². The predicted molar refractivity (Wildman–Crippen MR) is 224 cm³/mol. The average molecular weight is 819 g/mol. The number of likely N-dealkylation sites (N-methyl/N-ethyl adjacent to an activating group) is 1. The number of carboxylic acids is 2. The molecule has 0 unspecified atom stereocenters. The van der Waals surface area contributed by atoms with E-state index in [4.69, 9.17) is 14.9 Å². The van der Waals surface area contributed by atoms with Gasteiger partial charge in [-0.3, -0.25) is 14.5 Å². The Morgan fingerprint density at radius 1 is 0.789 bits per heavy atom. The molecule has 0 saturated carbocycles. The van der Waals surface area contributed by atoms with Gasteiger partial charge in [0.2, 0.25) is 0 Å². The van der Waals surface area contributed by atoms with Crippen LogP contribution in [0.1, 0.15) is 97.7 Å². The van der Waals surface area contributed by atoms with Gasteiger partial charge in [0.05, 0.1) is 11.1 Å². The summed E-state index contributed by atoms with van der Waals surface area (Å²) >= 11 is 1.47. The van der Waals surface area contributed by atoms with E-state index in [0.29, 0.717) is 41.4 Å². The number of carboxylic acid groups (broad SMARTS) is 2. The summed E-state index contributed by atoms with van der Waals surface area (Å²) in [4.78, 5) is 66.7. The number of benzene rings is 3. The number of ether oxygens (including phenoxy) is 1. The van der Waals surface area contributed by atoms with E-state index in [1.54, 1.807) is 25.2 Å². The molecule has 0 bridgehead atoms. The second kappa shape index (κ2) is 21.3. The molecule has 0 spiro atoms. The summed E-state index contributed by atoms with van der Waals surface area (Å²) < 4.78 is 4.82. The second-order valence-corrected chi connectivity index (χ2v) is 15.1. The Kier molecular flexibility index (Phi) is 16.6. The fourth-order valence-corrected chi connectivity index (χ4v) is 8.25. The first-order valence-corrected chi connectivity index (χ1v) is 19.9. The zero-order valence-corrected chi connectivity index (χ0v) is 34.2. The highest BCUT2D eigenvalue weighted by Crippen LogP contribution is 2.39. The van der Waals surface area contributed by atoms with E-state index in [1.807, 2.05) is 54.6 Å². The topological polar surface area (TPSA) is 166 Å². The van der Waals surface area contributed by atoms with Crippen molar-refractivity contribution in [2.45, 2.75) is 77.8 Å². The molecule has 1 aliphatic rings. The number of anilines is 2. The molecule has 1 heterocycles. The number of amides is 3. The molecule has 0 atom stereocenters. The fourth-order valence-electron chi connectivity index (χ4n) is 6.97. The SMILES string of the molecule is CCC(CC)N(CCN(C)C(=O)OCC(=O)O)Cc1cccc(C(=O)Nc2sc3c(c2C(=O)Nc2ccc(CCc4ccc(C(=O)O)cc4)cc2)CCCC3)c1.Cl. The normalized spacial score (nSPS) is 12.0. The molecular formula is C43H51ClN4O8S. The van der Waals surface area contributed by atoms with Crippen LogP contribution in [0.5, 0.6) is 0 Å². The first-order chi connectivity index (χ1) is 26.9. The molecule has 57 heavy (non-hydrogen) atoms. The Morgan fingerprint density at radius 2 is 1.44 bits per heavy atom. The maximum Gasteiger partial charge on any atom is 0.410 e. The molecule has 14 heteroatoms. The van der Waals surface area contributed by atoms with Crippen molar-refractivity contribution in [2.75, 3.05) is 37.4 Å². The quantitative estimate of drug-likeness (QED) is 0.0775. The summed E-state index contributed by atoms with van der Waals surface area (Å²) in [7, 11) is 1.57. The number of carbonyl (C=O) groups excluding carboxylic acids is 3. The minimum Gasteiger partial charge on any atom is -0.479 e. The summed E-state index contributed by atoms with van der Waals surface area (Å²) in [5, 5.41) is 24.6. The lowest BCUT2D eigenvalue weighted by atomic mass is 9.95. The Bertz CT molecular complexity index is 2010. The fraction of sp³-hybridized carbons (Fsp3) is 0.372. The van der Waals surface area contributed by atoms with Crippen molar-refractivity contribution in [3.05, 3.63) is 117 Å². The molecule has 12 nitrogen and oxygen atoms in total. The molecule has 0 aliphatic heterocycles. The standard InChI is InChI=1S/C43H50N4O8S.ClH/c1-4-34(5-2)47(24-23-46(3)43(54)55-27-37(48)49)26-30-9-8-10-32(25-30)39(50)45-41-38(35-11-6-7-12-36(35)56-41)40(51)44-33-21-17-29(18-22-33)14-13-28-15-19-31(20-16-28)42(52)53;/h8-10,15-22,25,34H,4-7,11-14,23-24,26-27H2,1-3H3,(H,44,51)(H,45,50)(H,48,49)(H,52,53);1H. The Labute approximate surface area is 343 Å². The molecule has 4 aromatic rings. The highest BCUT2D eigenvalue weighted by molar-refractivity contribution is 7.17. The average Bonchev–Trinajstić information content (AvgIpc) is 3.57. The van der Waals surface area contributed by atoms with Gasteiger partial charge in [-0.2, -0.15) is 0 Å². The minimum atomic E-state index is -1.22. The monoisotopic (exact) mass is 818 g/mol. The molecule has 4 N–H and O–H groups in total. The summed E-state index contributed by atoms with van der Waals surface area (Å²) in [6.07, 6.45) is 6.21. The van der Waals surface area contributed by atoms with Gasteiger partial charge < -0.3 is 30.5 Å². The van der Waals surface area contributed by atoms with Crippen LogP contribution < -0.4 is 10.6 Å². The van der Waals surface area contributed by atoms with Crippen LogP contribution in [0.25, 0.3) is 0 Å². The Hall–Kier alpha value is -5.24. The Balaban J connectivity index is 0.00000720. The number of rotatable bonds is 18. The van der Waals surface area contributed by atoms with Crippen LogP contribution >= 0.6 is 23.7 Å². The maximum atomic E-state index is 13.9. The third-order valence-corrected chi connectivity index (χ3v) is 11.3. The smallest absolute Gasteiger partial charge is 0.410 e.